The lowest BCUT2D eigenvalue weighted by molar-refractivity contribution is -0.162. The smallest absolute Gasteiger partial charge is 0.309 e. The van der Waals surface area contributed by atoms with Crippen molar-refractivity contribution in [2.75, 3.05) is 0 Å². The standard InChI is InChI=1S/C30H45NO5/c1-5-11-24(27(33)36-29(2,3)4)20-30(18-9-10-19-30)28(34)31-25-16-14-23(15-17-25)26(32)35-21-22-12-7-6-8-13-22/h6-8,12-13,23-25H,5,9-11,14-21H2,1-4H3,(H,31,34). The van der Waals surface area contributed by atoms with Gasteiger partial charge in [-0.15, -0.1) is 0 Å². The van der Waals surface area contributed by atoms with Gasteiger partial charge < -0.3 is 14.8 Å². The zero-order valence-corrected chi connectivity index (χ0v) is 22.6. The molecule has 0 spiro atoms. The number of amides is 1. The van der Waals surface area contributed by atoms with Crippen molar-refractivity contribution in [1.82, 2.24) is 5.32 Å². The highest BCUT2D eigenvalue weighted by molar-refractivity contribution is 5.84. The molecule has 1 atom stereocenters. The van der Waals surface area contributed by atoms with E-state index in [4.69, 9.17) is 9.47 Å². The zero-order valence-electron chi connectivity index (χ0n) is 22.6. The monoisotopic (exact) mass is 499 g/mol. The van der Waals surface area contributed by atoms with E-state index in [1.54, 1.807) is 0 Å². The van der Waals surface area contributed by atoms with E-state index in [0.717, 1.165) is 69.8 Å². The van der Waals surface area contributed by atoms with E-state index in [-0.39, 0.29) is 35.7 Å². The van der Waals surface area contributed by atoms with Gasteiger partial charge >= 0.3 is 11.9 Å². The maximum absolute atomic E-state index is 13.6. The number of esters is 2. The molecule has 0 heterocycles. The molecule has 0 radical (unpaired) electrons. The van der Waals surface area contributed by atoms with Gasteiger partial charge in [-0.05, 0) is 77.7 Å². The van der Waals surface area contributed by atoms with Crippen LogP contribution in [0, 0.1) is 17.3 Å². The van der Waals surface area contributed by atoms with Crippen LogP contribution in [0.4, 0.5) is 0 Å². The van der Waals surface area contributed by atoms with Crippen molar-refractivity contribution in [1.29, 1.82) is 0 Å². The van der Waals surface area contributed by atoms with Gasteiger partial charge in [0, 0.05) is 6.04 Å². The van der Waals surface area contributed by atoms with E-state index in [0.29, 0.717) is 13.0 Å². The van der Waals surface area contributed by atoms with Crippen molar-refractivity contribution in [3.05, 3.63) is 35.9 Å². The summed E-state index contributed by atoms with van der Waals surface area (Å²) in [5.41, 5.74) is -0.0431. The lowest BCUT2D eigenvalue weighted by atomic mass is 9.75. The zero-order chi connectivity index (χ0) is 26.2. The number of carbonyl (C=O) groups excluding carboxylic acids is 3. The fourth-order valence-electron chi connectivity index (χ4n) is 5.74. The van der Waals surface area contributed by atoms with Crippen molar-refractivity contribution in [3.8, 4) is 0 Å². The van der Waals surface area contributed by atoms with Gasteiger partial charge in [-0.2, -0.15) is 0 Å². The largest absolute Gasteiger partial charge is 0.461 e. The van der Waals surface area contributed by atoms with Crippen LogP contribution in [0.5, 0.6) is 0 Å². The van der Waals surface area contributed by atoms with Gasteiger partial charge in [-0.25, -0.2) is 0 Å². The van der Waals surface area contributed by atoms with Crippen LogP contribution in [0.15, 0.2) is 30.3 Å². The number of hydrogen-bond acceptors (Lipinski definition) is 5. The normalized spacial score (nSPS) is 22.4. The van der Waals surface area contributed by atoms with E-state index in [1.165, 1.54) is 0 Å². The Labute approximate surface area is 216 Å². The highest BCUT2D eigenvalue weighted by atomic mass is 16.6. The second-order valence-corrected chi connectivity index (χ2v) is 11.8. The number of carbonyl (C=O) groups is 3. The molecule has 6 nitrogen and oxygen atoms in total. The van der Waals surface area contributed by atoms with E-state index in [1.807, 2.05) is 51.1 Å². The van der Waals surface area contributed by atoms with Gasteiger partial charge in [0.05, 0.1) is 17.3 Å². The first kappa shape index (κ1) is 28.2. The Morgan fingerprint density at radius 3 is 2.25 bits per heavy atom. The Morgan fingerprint density at radius 2 is 1.67 bits per heavy atom. The van der Waals surface area contributed by atoms with E-state index >= 15 is 0 Å². The van der Waals surface area contributed by atoms with Crippen molar-refractivity contribution >= 4 is 17.8 Å². The highest BCUT2D eigenvalue weighted by Crippen LogP contribution is 2.45. The van der Waals surface area contributed by atoms with Gasteiger partial charge in [0.1, 0.15) is 12.2 Å². The molecule has 2 aliphatic rings. The Morgan fingerprint density at radius 1 is 1.03 bits per heavy atom. The van der Waals surface area contributed by atoms with Gasteiger partial charge in [-0.1, -0.05) is 56.5 Å². The van der Waals surface area contributed by atoms with Crippen LogP contribution < -0.4 is 5.32 Å². The number of ether oxygens (including phenoxy) is 2. The van der Waals surface area contributed by atoms with Crippen molar-refractivity contribution in [2.24, 2.45) is 17.3 Å². The van der Waals surface area contributed by atoms with Crippen LogP contribution in [0.2, 0.25) is 0 Å². The highest BCUT2D eigenvalue weighted by Gasteiger charge is 2.45. The molecule has 1 aromatic rings. The molecule has 1 aromatic carbocycles. The molecular weight excluding hydrogens is 454 g/mol. The second-order valence-electron chi connectivity index (χ2n) is 11.8. The SMILES string of the molecule is CCCC(CC1(C(=O)NC2CCC(C(=O)OCc3ccccc3)CC2)CCCC1)C(=O)OC(C)(C)C. The molecule has 1 unspecified atom stereocenters. The van der Waals surface area contributed by atoms with Gasteiger partial charge in [-0.3, -0.25) is 14.4 Å². The molecule has 2 aliphatic carbocycles. The van der Waals surface area contributed by atoms with E-state index in [2.05, 4.69) is 12.2 Å². The quantitative estimate of drug-likeness (QED) is 0.393. The fourth-order valence-corrected chi connectivity index (χ4v) is 5.74. The summed E-state index contributed by atoms with van der Waals surface area (Å²) in [6.45, 7) is 8.04. The lowest BCUT2D eigenvalue weighted by Gasteiger charge is -2.35. The number of rotatable bonds is 10. The summed E-state index contributed by atoms with van der Waals surface area (Å²) in [6.07, 6.45) is 8.85. The predicted octanol–water partition coefficient (Wildman–Crippen LogP) is 6.11. The van der Waals surface area contributed by atoms with Crippen LogP contribution in [-0.2, 0) is 30.5 Å². The third-order valence-electron chi connectivity index (χ3n) is 7.68. The van der Waals surface area contributed by atoms with Crippen molar-refractivity contribution < 1.29 is 23.9 Å². The molecule has 0 bridgehead atoms. The van der Waals surface area contributed by atoms with Gasteiger partial charge in [0.2, 0.25) is 5.91 Å². The molecule has 0 aliphatic heterocycles. The summed E-state index contributed by atoms with van der Waals surface area (Å²) in [7, 11) is 0. The maximum atomic E-state index is 13.6. The third kappa shape index (κ3) is 8.07. The summed E-state index contributed by atoms with van der Waals surface area (Å²) in [6, 6.07) is 9.79. The molecule has 0 aromatic heterocycles. The molecule has 3 rings (SSSR count). The molecule has 6 heteroatoms. The fraction of sp³-hybridized carbons (Fsp3) is 0.700. The van der Waals surface area contributed by atoms with E-state index < -0.39 is 11.0 Å². The van der Waals surface area contributed by atoms with E-state index in [9.17, 15) is 14.4 Å². The average Bonchev–Trinajstić information content (AvgIpc) is 3.32. The van der Waals surface area contributed by atoms with Crippen LogP contribution in [0.25, 0.3) is 0 Å². The molecule has 36 heavy (non-hydrogen) atoms. The van der Waals surface area contributed by atoms with Crippen molar-refractivity contribution in [3.63, 3.8) is 0 Å². The summed E-state index contributed by atoms with van der Waals surface area (Å²) in [4.78, 5) is 39.1. The average molecular weight is 500 g/mol. The Balaban J connectivity index is 1.53. The second kappa shape index (κ2) is 12.7. The minimum absolute atomic E-state index is 0.0688. The molecule has 1 amide bonds. The third-order valence-corrected chi connectivity index (χ3v) is 7.68. The Hall–Kier alpha value is -2.37. The first-order valence-corrected chi connectivity index (χ1v) is 13.9. The molecular formula is C30H45NO5. The minimum Gasteiger partial charge on any atom is -0.461 e. The molecule has 2 fully saturated rings. The first-order chi connectivity index (χ1) is 17.1. The predicted molar refractivity (Wildman–Crippen MR) is 140 cm³/mol. The molecule has 1 N–H and O–H groups in total. The molecule has 2 saturated carbocycles. The maximum Gasteiger partial charge on any atom is 0.309 e. The van der Waals surface area contributed by atoms with Crippen LogP contribution >= 0.6 is 0 Å². The topological polar surface area (TPSA) is 81.7 Å². The summed E-state index contributed by atoms with van der Waals surface area (Å²) in [5.74, 6) is -0.607. The Kier molecular flexibility index (Phi) is 9.98. The van der Waals surface area contributed by atoms with Crippen LogP contribution in [0.1, 0.15) is 104 Å². The number of benzene rings is 1. The first-order valence-electron chi connectivity index (χ1n) is 13.9. The summed E-state index contributed by atoms with van der Waals surface area (Å²) < 4.78 is 11.2. The molecule has 200 valence electrons. The summed E-state index contributed by atoms with van der Waals surface area (Å²) in [5, 5.41) is 3.31. The number of nitrogens with one attached hydrogen (secondary N) is 1. The lowest BCUT2D eigenvalue weighted by Crippen LogP contribution is -2.47. The minimum atomic E-state index is -0.533. The van der Waals surface area contributed by atoms with Crippen molar-refractivity contribution in [2.45, 2.75) is 117 Å². The Bertz CT molecular complexity index is 861. The number of hydrogen-bond donors (Lipinski definition) is 1. The van der Waals surface area contributed by atoms with Crippen LogP contribution in [-0.4, -0.2) is 29.5 Å². The molecule has 0 saturated heterocycles. The van der Waals surface area contributed by atoms with Crippen LogP contribution in [0.3, 0.4) is 0 Å². The van der Waals surface area contributed by atoms with Gasteiger partial charge in [0.25, 0.3) is 0 Å². The summed E-state index contributed by atoms with van der Waals surface area (Å²) >= 11 is 0. The van der Waals surface area contributed by atoms with Gasteiger partial charge in [0.15, 0.2) is 0 Å².